The van der Waals surface area contributed by atoms with Crippen molar-refractivity contribution >= 4 is 22.6 Å². The number of para-hydroxylation sites is 1. The summed E-state index contributed by atoms with van der Waals surface area (Å²) < 4.78 is 0. The van der Waals surface area contributed by atoms with E-state index in [1.165, 1.54) is 11.1 Å². The van der Waals surface area contributed by atoms with Crippen molar-refractivity contribution in [2.75, 3.05) is 4.90 Å². The zero-order valence-corrected chi connectivity index (χ0v) is 12.6. The molecule has 110 valence electrons. The van der Waals surface area contributed by atoms with Crippen LogP contribution >= 0.6 is 0 Å². The topological polar surface area (TPSA) is 49.0 Å². The molecule has 1 unspecified atom stereocenters. The Hall–Kier alpha value is -2.62. The highest BCUT2D eigenvalue weighted by Crippen LogP contribution is 2.39. The van der Waals surface area contributed by atoms with Crippen LogP contribution in [0, 0.1) is 6.92 Å². The second-order valence-corrected chi connectivity index (χ2v) is 5.88. The maximum atomic E-state index is 12.1. The molecule has 2 aromatic carbocycles. The Morgan fingerprint density at radius 1 is 1.27 bits per heavy atom. The minimum Gasteiger partial charge on any atom is -0.340 e. The summed E-state index contributed by atoms with van der Waals surface area (Å²) in [5, 5.41) is 0. The number of nitrogens with zero attached hydrogens (tertiary/aromatic N) is 2. The maximum Gasteiger partial charge on any atom is 0.224 e. The molecule has 1 aliphatic rings. The number of imidazole rings is 1. The molecule has 1 aromatic heterocycles. The van der Waals surface area contributed by atoms with Crippen molar-refractivity contribution in [2.24, 2.45) is 0 Å². The van der Waals surface area contributed by atoms with Crippen LogP contribution in [-0.2, 0) is 11.2 Å². The SMILES string of the molecule is CC(=O)N1c2ccccc2CC1c1nc2cc(C)ccc2[nH]1. The predicted octanol–water partition coefficient (Wildman–Crippen LogP) is 3.52. The van der Waals surface area contributed by atoms with E-state index in [9.17, 15) is 4.79 Å². The van der Waals surface area contributed by atoms with Crippen molar-refractivity contribution in [3.8, 4) is 0 Å². The van der Waals surface area contributed by atoms with E-state index in [4.69, 9.17) is 4.98 Å². The number of fused-ring (bicyclic) bond motifs is 2. The summed E-state index contributed by atoms with van der Waals surface area (Å²) in [6.07, 6.45) is 0.800. The van der Waals surface area contributed by atoms with E-state index in [-0.39, 0.29) is 11.9 Å². The zero-order chi connectivity index (χ0) is 15.3. The van der Waals surface area contributed by atoms with Crippen LogP contribution in [0.3, 0.4) is 0 Å². The lowest BCUT2D eigenvalue weighted by atomic mass is 10.1. The number of carbonyl (C=O) groups excluding carboxylic acids is 1. The van der Waals surface area contributed by atoms with Crippen molar-refractivity contribution in [2.45, 2.75) is 26.3 Å². The molecule has 4 heteroatoms. The summed E-state index contributed by atoms with van der Waals surface area (Å²) in [6, 6.07) is 14.2. The number of H-pyrrole nitrogens is 1. The van der Waals surface area contributed by atoms with Crippen LogP contribution in [0.1, 0.15) is 29.9 Å². The van der Waals surface area contributed by atoms with E-state index in [0.717, 1.165) is 29.0 Å². The Balaban J connectivity index is 1.82. The fourth-order valence-corrected chi connectivity index (χ4v) is 3.29. The number of nitrogens with one attached hydrogen (secondary N) is 1. The molecular formula is C18H17N3O. The number of rotatable bonds is 1. The van der Waals surface area contributed by atoms with Gasteiger partial charge in [-0.3, -0.25) is 4.79 Å². The number of aromatic nitrogens is 2. The zero-order valence-electron chi connectivity index (χ0n) is 12.6. The molecule has 4 nitrogen and oxygen atoms in total. The Kier molecular flexibility index (Phi) is 2.79. The van der Waals surface area contributed by atoms with Gasteiger partial charge in [0.1, 0.15) is 5.82 Å². The molecule has 1 atom stereocenters. The normalized spacial score (nSPS) is 17.0. The predicted molar refractivity (Wildman–Crippen MR) is 86.9 cm³/mol. The molecule has 22 heavy (non-hydrogen) atoms. The number of amides is 1. The van der Waals surface area contributed by atoms with Gasteiger partial charge in [0.05, 0.1) is 17.1 Å². The standard InChI is InChI=1S/C18H17N3O/c1-11-7-8-14-15(9-11)20-18(19-14)17-10-13-5-3-4-6-16(13)21(17)12(2)22/h3-9,17H,10H2,1-2H3,(H,19,20). The van der Waals surface area contributed by atoms with Crippen molar-refractivity contribution in [3.05, 3.63) is 59.4 Å². The molecule has 0 bridgehead atoms. The monoisotopic (exact) mass is 291 g/mol. The molecule has 0 aliphatic carbocycles. The Bertz CT molecular complexity index is 881. The lowest BCUT2D eigenvalue weighted by Gasteiger charge is -2.22. The van der Waals surface area contributed by atoms with Gasteiger partial charge < -0.3 is 9.88 Å². The molecule has 0 saturated carbocycles. The number of aromatic amines is 1. The van der Waals surface area contributed by atoms with Crippen molar-refractivity contribution in [3.63, 3.8) is 0 Å². The van der Waals surface area contributed by atoms with E-state index in [0.29, 0.717) is 0 Å². The first-order valence-electron chi connectivity index (χ1n) is 7.47. The van der Waals surface area contributed by atoms with Gasteiger partial charge in [0.15, 0.2) is 0 Å². The number of benzene rings is 2. The summed E-state index contributed by atoms with van der Waals surface area (Å²) in [5.41, 5.74) is 5.34. The van der Waals surface area contributed by atoms with E-state index in [1.54, 1.807) is 6.92 Å². The molecule has 0 radical (unpaired) electrons. The Morgan fingerprint density at radius 3 is 2.91 bits per heavy atom. The van der Waals surface area contributed by atoms with Gasteiger partial charge in [-0.1, -0.05) is 24.3 Å². The summed E-state index contributed by atoms with van der Waals surface area (Å²) in [6.45, 7) is 3.67. The molecule has 4 rings (SSSR count). The molecular weight excluding hydrogens is 274 g/mol. The molecule has 1 aliphatic heterocycles. The highest BCUT2D eigenvalue weighted by Gasteiger charge is 2.34. The van der Waals surface area contributed by atoms with Gasteiger partial charge in [-0.25, -0.2) is 4.98 Å². The number of anilines is 1. The fraction of sp³-hybridized carbons (Fsp3) is 0.222. The molecule has 3 aromatic rings. The summed E-state index contributed by atoms with van der Waals surface area (Å²) in [5.74, 6) is 0.901. The average molecular weight is 291 g/mol. The van der Waals surface area contributed by atoms with Crippen LogP contribution in [0.25, 0.3) is 11.0 Å². The summed E-state index contributed by atoms with van der Waals surface area (Å²) in [7, 11) is 0. The van der Waals surface area contributed by atoms with Crippen molar-refractivity contribution < 1.29 is 4.79 Å². The van der Waals surface area contributed by atoms with Crippen LogP contribution in [-0.4, -0.2) is 15.9 Å². The minimum absolute atomic E-state index is 0.0478. The second-order valence-electron chi connectivity index (χ2n) is 5.88. The fourth-order valence-electron chi connectivity index (χ4n) is 3.29. The number of carbonyl (C=O) groups is 1. The van der Waals surface area contributed by atoms with E-state index in [1.807, 2.05) is 29.2 Å². The van der Waals surface area contributed by atoms with Crippen LogP contribution in [0.4, 0.5) is 5.69 Å². The smallest absolute Gasteiger partial charge is 0.224 e. The van der Waals surface area contributed by atoms with Gasteiger partial charge in [-0.2, -0.15) is 0 Å². The van der Waals surface area contributed by atoms with Gasteiger partial charge in [0.2, 0.25) is 5.91 Å². The van der Waals surface area contributed by atoms with Crippen molar-refractivity contribution in [1.82, 2.24) is 9.97 Å². The molecule has 2 heterocycles. The maximum absolute atomic E-state index is 12.1. The molecule has 0 saturated heterocycles. The lowest BCUT2D eigenvalue weighted by molar-refractivity contribution is -0.117. The van der Waals surface area contributed by atoms with Gasteiger partial charge in [-0.05, 0) is 36.2 Å². The molecule has 0 spiro atoms. The highest BCUT2D eigenvalue weighted by atomic mass is 16.2. The lowest BCUT2D eigenvalue weighted by Crippen LogP contribution is -2.30. The second kappa shape index (κ2) is 4.70. The highest BCUT2D eigenvalue weighted by molar-refractivity contribution is 5.94. The van der Waals surface area contributed by atoms with Crippen LogP contribution in [0.15, 0.2) is 42.5 Å². The van der Waals surface area contributed by atoms with E-state index >= 15 is 0 Å². The van der Waals surface area contributed by atoms with Gasteiger partial charge in [-0.15, -0.1) is 0 Å². The van der Waals surface area contributed by atoms with Crippen LogP contribution in [0.2, 0.25) is 0 Å². The third-order valence-corrected chi connectivity index (χ3v) is 4.29. The number of hydrogen-bond donors (Lipinski definition) is 1. The van der Waals surface area contributed by atoms with Crippen LogP contribution < -0.4 is 4.90 Å². The number of hydrogen-bond acceptors (Lipinski definition) is 2. The number of aryl methyl sites for hydroxylation is 1. The summed E-state index contributed by atoms with van der Waals surface area (Å²) in [4.78, 5) is 22.1. The first kappa shape index (κ1) is 13.1. The van der Waals surface area contributed by atoms with Gasteiger partial charge in [0, 0.05) is 19.0 Å². The first-order valence-corrected chi connectivity index (χ1v) is 7.47. The largest absolute Gasteiger partial charge is 0.340 e. The van der Waals surface area contributed by atoms with Crippen molar-refractivity contribution in [1.29, 1.82) is 0 Å². The minimum atomic E-state index is -0.0531. The van der Waals surface area contributed by atoms with Gasteiger partial charge in [0.25, 0.3) is 0 Å². The molecule has 1 N–H and O–H groups in total. The third kappa shape index (κ3) is 1.91. The van der Waals surface area contributed by atoms with Gasteiger partial charge >= 0.3 is 0 Å². The molecule has 1 amide bonds. The Labute approximate surface area is 128 Å². The van der Waals surface area contributed by atoms with E-state index < -0.39 is 0 Å². The quantitative estimate of drug-likeness (QED) is 0.745. The Morgan fingerprint density at radius 2 is 2.09 bits per heavy atom. The summed E-state index contributed by atoms with van der Waals surface area (Å²) >= 11 is 0. The molecule has 0 fully saturated rings. The first-order chi connectivity index (χ1) is 10.6. The average Bonchev–Trinajstić information content (AvgIpc) is 3.06. The van der Waals surface area contributed by atoms with E-state index in [2.05, 4.69) is 30.1 Å². The third-order valence-electron chi connectivity index (χ3n) is 4.29. The van der Waals surface area contributed by atoms with Crippen LogP contribution in [0.5, 0.6) is 0 Å².